The zero-order valence-electron chi connectivity index (χ0n) is 4.78. The molecule has 1 rings (SSSR count). The van der Waals surface area contributed by atoms with Crippen LogP contribution in [0.25, 0.3) is 0 Å². The van der Waals surface area contributed by atoms with E-state index in [2.05, 4.69) is 15.4 Å². The zero-order valence-corrected chi connectivity index (χ0v) is 4.78. The second kappa shape index (κ2) is 2.86. The van der Waals surface area contributed by atoms with Gasteiger partial charge in [0.05, 0.1) is 18.2 Å². The van der Waals surface area contributed by atoms with Gasteiger partial charge in [0.1, 0.15) is 0 Å². The van der Waals surface area contributed by atoms with Gasteiger partial charge in [0, 0.05) is 6.42 Å². The van der Waals surface area contributed by atoms with Crippen molar-refractivity contribution in [2.24, 2.45) is 0 Å². The molecule has 4 heteroatoms. The lowest BCUT2D eigenvalue weighted by Crippen LogP contribution is -1.79. The minimum absolute atomic E-state index is 0.618. The summed E-state index contributed by atoms with van der Waals surface area (Å²) in [6.07, 6.45) is 4.82. The largest absolute Gasteiger partial charge is 0.516 e. The third-order valence-corrected chi connectivity index (χ3v) is 0.897. The third kappa shape index (κ3) is 1.56. The molecule has 0 bridgehead atoms. The van der Waals surface area contributed by atoms with Gasteiger partial charge in [0.15, 0.2) is 0 Å². The van der Waals surface area contributed by atoms with Crippen molar-refractivity contribution < 1.29 is 5.11 Å². The van der Waals surface area contributed by atoms with Crippen LogP contribution in [-0.2, 0) is 6.42 Å². The molecule has 0 unspecified atom stereocenters. The zero-order chi connectivity index (χ0) is 6.53. The Morgan fingerprint density at radius 1 is 1.78 bits per heavy atom. The van der Waals surface area contributed by atoms with Crippen molar-refractivity contribution in [3.05, 3.63) is 24.2 Å². The fourth-order valence-electron chi connectivity index (χ4n) is 0.497. The highest BCUT2D eigenvalue weighted by Crippen LogP contribution is 1.89. The number of aliphatic hydroxyl groups is 1. The molecule has 1 aromatic rings. The number of aromatic amines is 1. The number of aliphatic hydroxyl groups excluding tert-OH is 1. The summed E-state index contributed by atoms with van der Waals surface area (Å²) in [5, 5.41) is 18.0. The highest BCUT2D eigenvalue weighted by molar-refractivity contribution is 4.97. The Morgan fingerprint density at radius 3 is 3.22 bits per heavy atom. The first-order chi connectivity index (χ1) is 4.43. The Bertz CT molecular complexity index is 180. The van der Waals surface area contributed by atoms with Crippen molar-refractivity contribution in [2.75, 3.05) is 0 Å². The number of H-pyrrole nitrogens is 1. The van der Waals surface area contributed by atoms with Gasteiger partial charge in [-0.3, -0.25) is 0 Å². The molecule has 9 heavy (non-hydrogen) atoms. The molecule has 0 aromatic carbocycles. The lowest BCUT2D eigenvalue weighted by molar-refractivity contribution is 0.471. The normalized spacial score (nSPS) is 10.7. The van der Waals surface area contributed by atoms with E-state index in [4.69, 9.17) is 5.11 Å². The molecule has 0 aliphatic heterocycles. The van der Waals surface area contributed by atoms with E-state index < -0.39 is 0 Å². The topological polar surface area (TPSA) is 61.8 Å². The molecule has 0 spiro atoms. The van der Waals surface area contributed by atoms with Gasteiger partial charge >= 0.3 is 0 Å². The number of nitrogens with zero attached hydrogens (tertiary/aromatic N) is 2. The Hall–Kier alpha value is -1.32. The van der Waals surface area contributed by atoms with E-state index in [1.807, 2.05) is 0 Å². The van der Waals surface area contributed by atoms with Crippen molar-refractivity contribution in [1.29, 1.82) is 0 Å². The fraction of sp³-hybridized carbons (Fsp3) is 0.200. The molecule has 2 N–H and O–H groups in total. The molecule has 0 fully saturated rings. The Balaban J connectivity index is 2.48. The molecular formula is C5H7N3O. The smallest absolute Gasteiger partial charge is 0.0863 e. The van der Waals surface area contributed by atoms with Crippen LogP contribution in [0.15, 0.2) is 18.5 Å². The molecule has 4 nitrogen and oxygen atoms in total. The number of nitrogens with one attached hydrogen (secondary N) is 1. The quantitative estimate of drug-likeness (QED) is 0.563. The van der Waals surface area contributed by atoms with Gasteiger partial charge in [0.25, 0.3) is 0 Å². The highest BCUT2D eigenvalue weighted by Gasteiger charge is 1.88. The molecule has 0 aliphatic rings. The SMILES string of the molecule is OC=CCc1cn[nH]n1. The maximum atomic E-state index is 8.23. The van der Waals surface area contributed by atoms with Crippen LogP contribution in [-0.4, -0.2) is 20.5 Å². The summed E-state index contributed by atoms with van der Waals surface area (Å²) in [4.78, 5) is 0. The molecule has 0 atom stereocenters. The fourth-order valence-corrected chi connectivity index (χ4v) is 0.497. The van der Waals surface area contributed by atoms with Crippen molar-refractivity contribution in [3.8, 4) is 0 Å². The second-order valence-electron chi connectivity index (χ2n) is 1.55. The summed E-state index contributed by atoms with van der Waals surface area (Å²) in [6, 6.07) is 0. The lowest BCUT2D eigenvalue weighted by Gasteiger charge is -1.79. The monoisotopic (exact) mass is 125 g/mol. The van der Waals surface area contributed by atoms with Crippen LogP contribution in [0.1, 0.15) is 5.69 Å². The molecule has 0 amide bonds. The highest BCUT2D eigenvalue weighted by atomic mass is 16.2. The summed E-state index contributed by atoms with van der Waals surface area (Å²) in [7, 11) is 0. The predicted molar refractivity (Wildman–Crippen MR) is 31.9 cm³/mol. The summed E-state index contributed by atoms with van der Waals surface area (Å²) in [6.45, 7) is 0. The summed E-state index contributed by atoms with van der Waals surface area (Å²) in [5.41, 5.74) is 0.820. The van der Waals surface area contributed by atoms with Crippen LogP contribution < -0.4 is 0 Å². The molecule has 0 radical (unpaired) electrons. The minimum Gasteiger partial charge on any atom is -0.516 e. The average molecular weight is 125 g/mol. The van der Waals surface area contributed by atoms with Gasteiger partial charge in [-0.2, -0.15) is 15.4 Å². The van der Waals surface area contributed by atoms with E-state index in [-0.39, 0.29) is 0 Å². The van der Waals surface area contributed by atoms with Gasteiger partial charge in [-0.05, 0) is 6.08 Å². The number of hydrogen-bond acceptors (Lipinski definition) is 3. The minimum atomic E-state index is 0.618. The molecular weight excluding hydrogens is 118 g/mol. The predicted octanol–water partition coefficient (Wildman–Crippen LogP) is 0.419. The average Bonchev–Trinajstić information content (AvgIpc) is 2.34. The van der Waals surface area contributed by atoms with Crippen molar-refractivity contribution >= 4 is 0 Å². The van der Waals surface area contributed by atoms with Crippen LogP contribution in [0.2, 0.25) is 0 Å². The van der Waals surface area contributed by atoms with Gasteiger partial charge in [-0.1, -0.05) is 0 Å². The summed E-state index contributed by atoms with van der Waals surface area (Å²) in [5.74, 6) is 0. The van der Waals surface area contributed by atoms with Crippen molar-refractivity contribution in [1.82, 2.24) is 15.4 Å². The van der Waals surface area contributed by atoms with Gasteiger partial charge in [0.2, 0.25) is 0 Å². The molecule has 0 aliphatic carbocycles. The summed E-state index contributed by atoms with van der Waals surface area (Å²) < 4.78 is 0. The lowest BCUT2D eigenvalue weighted by atomic mass is 10.3. The maximum Gasteiger partial charge on any atom is 0.0863 e. The Kier molecular flexibility index (Phi) is 1.85. The van der Waals surface area contributed by atoms with E-state index in [9.17, 15) is 0 Å². The number of allylic oxidation sites excluding steroid dienone is 1. The van der Waals surface area contributed by atoms with Gasteiger partial charge < -0.3 is 5.11 Å². The van der Waals surface area contributed by atoms with Gasteiger partial charge in [-0.25, -0.2) is 0 Å². The molecule has 48 valence electrons. The first kappa shape index (κ1) is 5.81. The van der Waals surface area contributed by atoms with E-state index in [1.54, 1.807) is 12.3 Å². The van der Waals surface area contributed by atoms with Crippen LogP contribution in [0.3, 0.4) is 0 Å². The number of rotatable bonds is 2. The van der Waals surface area contributed by atoms with E-state index in [0.29, 0.717) is 6.42 Å². The van der Waals surface area contributed by atoms with Crippen LogP contribution in [0.5, 0.6) is 0 Å². The maximum absolute atomic E-state index is 8.23. The standard InChI is InChI=1S/C5H7N3O/c9-3-1-2-5-4-6-8-7-5/h1,3-4,9H,2H2,(H,6,7,8). The van der Waals surface area contributed by atoms with Gasteiger partial charge in [-0.15, -0.1) is 0 Å². The molecule has 1 aromatic heterocycles. The first-order valence-electron chi connectivity index (χ1n) is 2.57. The number of aromatic nitrogens is 3. The van der Waals surface area contributed by atoms with Crippen LogP contribution in [0.4, 0.5) is 0 Å². The summed E-state index contributed by atoms with van der Waals surface area (Å²) >= 11 is 0. The molecule has 0 saturated heterocycles. The van der Waals surface area contributed by atoms with Crippen molar-refractivity contribution in [3.63, 3.8) is 0 Å². The van der Waals surface area contributed by atoms with Crippen molar-refractivity contribution in [2.45, 2.75) is 6.42 Å². The van der Waals surface area contributed by atoms with Crippen LogP contribution >= 0.6 is 0 Å². The molecule has 1 heterocycles. The van der Waals surface area contributed by atoms with E-state index in [0.717, 1.165) is 12.0 Å². The first-order valence-corrected chi connectivity index (χ1v) is 2.57. The second-order valence-corrected chi connectivity index (χ2v) is 1.55. The Morgan fingerprint density at radius 2 is 2.67 bits per heavy atom. The third-order valence-electron chi connectivity index (χ3n) is 0.897. The van der Waals surface area contributed by atoms with E-state index in [1.165, 1.54) is 0 Å². The molecule has 0 saturated carbocycles. The van der Waals surface area contributed by atoms with E-state index >= 15 is 0 Å². The number of hydrogen-bond donors (Lipinski definition) is 2. The van der Waals surface area contributed by atoms with Crippen LogP contribution in [0, 0.1) is 0 Å². The Labute approximate surface area is 52.2 Å².